The molecule has 2 aromatic carbocycles. The molecule has 0 saturated heterocycles. The monoisotopic (exact) mass is 369 g/mol. The zero-order valence-corrected chi connectivity index (χ0v) is 14.9. The molecule has 2 heterocycles. The molecule has 0 aliphatic carbocycles. The molecule has 26 heavy (non-hydrogen) atoms. The first-order valence-corrected chi connectivity index (χ1v) is 8.73. The van der Waals surface area contributed by atoms with Crippen LogP contribution < -0.4 is 5.32 Å². The number of halogens is 2. The van der Waals surface area contributed by atoms with E-state index in [-0.39, 0.29) is 11.7 Å². The number of H-pyrrole nitrogens is 2. The second-order valence-corrected chi connectivity index (χ2v) is 6.72. The van der Waals surface area contributed by atoms with Crippen LogP contribution in [-0.4, -0.2) is 22.4 Å². The smallest absolute Gasteiger partial charge is 0.267 e. The van der Waals surface area contributed by atoms with Crippen LogP contribution in [-0.2, 0) is 6.42 Å². The molecule has 1 amide bonds. The van der Waals surface area contributed by atoms with E-state index in [0.29, 0.717) is 29.1 Å². The van der Waals surface area contributed by atoms with Crippen molar-refractivity contribution in [3.8, 4) is 0 Å². The molecule has 0 spiro atoms. The Hall–Kier alpha value is -2.79. The maximum atomic E-state index is 13.3. The number of aromatic nitrogens is 2. The van der Waals surface area contributed by atoms with E-state index in [1.165, 1.54) is 12.1 Å². The second kappa shape index (κ2) is 6.50. The molecule has 0 bridgehead atoms. The van der Waals surface area contributed by atoms with Gasteiger partial charge in [0.25, 0.3) is 5.91 Å². The van der Waals surface area contributed by atoms with Crippen LogP contribution in [0.3, 0.4) is 0 Å². The lowest BCUT2D eigenvalue weighted by atomic mass is 10.1. The second-order valence-electron chi connectivity index (χ2n) is 6.31. The van der Waals surface area contributed by atoms with Crippen molar-refractivity contribution >= 4 is 39.3 Å². The molecule has 4 nitrogen and oxygen atoms in total. The molecular weight excluding hydrogens is 353 g/mol. The Morgan fingerprint density at radius 1 is 1.19 bits per heavy atom. The summed E-state index contributed by atoms with van der Waals surface area (Å²) in [7, 11) is 0. The molecule has 0 saturated carbocycles. The van der Waals surface area contributed by atoms with Crippen molar-refractivity contribution in [2.45, 2.75) is 13.3 Å². The van der Waals surface area contributed by atoms with Crippen molar-refractivity contribution < 1.29 is 9.18 Å². The first kappa shape index (κ1) is 16.7. The summed E-state index contributed by atoms with van der Waals surface area (Å²) in [6.07, 6.45) is 0.687. The molecule has 0 unspecified atom stereocenters. The normalized spacial score (nSPS) is 11.3. The zero-order valence-electron chi connectivity index (χ0n) is 14.1. The van der Waals surface area contributed by atoms with Crippen LogP contribution in [0.4, 0.5) is 4.39 Å². The number of nitrogens with one attached hydrogen (secondary N) is 3. The summed E-state index contributed by atoms with van der Waals surface area (Å²) in [5.41, 5.74) is 4.26. The Labute approximate surface area is 154 Å². The molecule has 3 N–H and O–H groups in total. The van der Waals surface area contributed by atoms with Gasteiger partial charge < -0.3 is 15.3 Å². The minimum absolute atomic E-state index is 0.211. The van der Waals surface area contributed by atoms with E-state index in [1.54, 1.807) is 12.1 Å². The highest BCUT2D eigenvalue weighted by Crippen LogP contribution is 2.28. The Bertz CT molecular complexity index is 1130. The summed E-state index contributed by atoms with van der Waals surface area (Å²) >= 11 is 6.22. The van der Waals surface area contributed by atoms with Crippen molar-refractivity contribution in [2.24, 2.45) is 0 Å². The third-order valence-electron chi connectivity index (χ3n) is 4.59. The van der Waals surface area contributed by atoms with Gasteiger partial charge in [0, 0.05) is 28.5 Å². The number of para-hydroxylation sites is 1. The Morgan fingerprint density at radius 2 is 2.04 bits per heavy atom. The van der Waals surface area contributed by atoms with E-state index in [0.717, 1.165) is 27.7 Å². The van der Waals surface area contributed by atoms with Gasteiger partial charge in [0.1, 0.15) is 11.5 Å². The van der Waals surface area contributed by atoms with Gasteiger partial charge >= 0.3 is 0 Å². The van der Waals surface area contributed by atoms with Gasteiger partial charge in [-0.15, -0.1) is 0 Å². The van der Waals surface area contributed by atoms with Crippen molar-refractivity contribution in [1.82, 2.24) is 15.3 Å². The first-order valence-electron chi connectivity index (χ1n) is 8.35. The number of rotatable bonds is 4. The van der Waals surface area contributed by atoms with Crippen molar-refractivity contribution in [2.75, 3.05) is 6.54 Å². The molecule has 0 aliphatic heterocycles. The molecule has 0 radical (unpaired) electrons. The summed E-state index contributed by atoms with van der Waals surface area (Å²) in [5, 5.41) is 5.35. The zero-order chi connectivity index (χ0) is 18.3. The maximum absolute atomic E-state index is 13.3. The molecule has 0 fully saturated rings. The van der Waals surface area contributed by atoms with E-state index in [4.69, 9.17) is 11.6 Å². The van der Waals surface area contributed by atoms with Gasteiger partial charge in [0.15, 0.2) is 0 Å². The minimum Gasteiger partial charge on any atom is -0.357 e. The number of fused-ring (bicyclic) bond motifs is 2. The van der Waals surface area contributed by atoms with Crippen LogP contribution in [0.5, 0.6) is 0 Å². The highest BCUT2D eigenvalue weighted by molar-refractivity contribution is 6.35. The molecule has 4 aromatic rings. The molecule has 6 heteroatoms. The molecular formula is C20H17ClFN3O. The number of carbonyl (C=O) groups is 1. The van der Waals surface area contributed by atoms with Gasteiger partial charge in [-0.3, -0.25) is 4.79 Å². The largest absolute Gasteiger partial charge is 0.357 e. The van der Waals surface area contributed by atoms with Crippen molar-refractivity contribution in [3.05, 3.63) is 70.3 Å². The van der Waals surface area contributed by atoms with E-state index in [9.17, 15) is 9.18 Å². The summed E-state index contributed by atoms with van der Waals surface area (Å²) < 4.78 is 13.3. The first-order chi connectivity index (χ1) is 12.5. The van der Waals surface area contributed by atoms with Gasteiger partial charge in [-0.1, -0.05) is 23.7 Å². The number of aryl methyl sites for hydroxylation is 1. The Morgan fingerprint density at radius 3 is 2.88 bits per heavy atom. The lowest BCUT2D eigenvalue weighted by Crippen LogP contribution is -2.26. The summed E-state index contributed by atoms with van der Waals surface area (Å²) in [6, 6.07) is 11.8. The van der Waals surface area contributed by atoms with Gasteiger partial charge in [0.05, 0.1) is 10.5 Å². The predicted molar refractivity (Wildman–Crippen MR) is 102 cm³/mol. The average molecular weight is 370 g/mol. The summed E-state index contributed by atoms with van der Waals surface area (Å²) in [6.45, 7) is 2.49. The van der Waals surface area contributed by atoms with Gasteiger partial charge in [-0.2, -0.15) is 0 Å². The van der Waals surface area contributed by atoms with Crippen molar-refractivity contribution in [3.63, 3.8) is 0 Å². The predicted octanol–water partition coefficient (Wildman–Crippen LogP) is 4.72. The fourth-order valence-electron chi connectivity index (χ4n) is 3.31. The highest BCUT2D eigenvalue weighted by Gasteiger charge is 2.13. The maximum Gasteiger partial charge on any atom is 0.267 e. The van der Waals surface area contributed by atoms with Gasteiger partial charge in [-0.25, -0.2) is 4.39 Å². The summed E-state index contributed by atoms with van der Waals surface area (Å²) in [5.74, 6) is -0.533. The molecule has 4 rings (SSSR count). The van der Waals surface area contributed by atoms with Gasteiger partial charge in [-0.05, 0) is 49.2 Å². The van der Waals surface area contributed by atoms with Crippen LogP contribution in [0.25, 0.3) is 21.8 Å². The summed E-state index contributed by atoms with van der Waals surface area (Å²) in [4.78, 5) is 18.7. The fourth-order valence-corrected chi connectivity index (χ4v) is 3.53. The molecule has 0 atom stereocenters. The van der Waals surface area contributed by atoms with Crippen LogP contribution in [0.1, 0.15) is 21.7 Å². The van der Waals surface area contributed by atoms with Crippen LogP contribution in [0, 0.1) is 12.7 Å². The molecule has 132 valence electrons. The van der Waals surface area contributed by atoms with Crippen LogP contribution in [0.15, 0.2) is 42.5 Å². The fraction of sp³-hybridized carbons (Fsp3) is 0.150. The van der Waals surface area contributed by atoms with E-state index >= 15 is 0 Å². The number of amides is 1. The number of hydrogen-bond acceptors (Lipinski definition) is 1. The third kappa shape index (κ3) is 2.95. The number of hydrogen-bond donors (Lipinski definition) is 3. The van der Waals surface area contributed by atoms with Gasteiger partial charge in [0.2, 0.25) is 0 Å². The minimum atomic E-state index is -0.322. The van der Waals surface area contributed by atoms with Crippen LogP contribution in [0.2, 0.25) is 5.02 Å². The highest BCUT2D eigenvalue weighted by atomic mass is 35.5. The Kier molecular flexibility index (Phi) is 4.17. The number of benzene rings is 2. The van der Waals surface area contributed by atoms with E-state index in [2.05, 4.69) is 15.3 Å². The topological polar surface area (TPSA) is 60.7 Å². The number of aromatic amines is 2. The third-order valence-corrected chi connectivity index (χ3v) is 4.91. The van der Waals surface area contributed by atoms with E-state index < -0.39 is 0 Å². The number of carbonyl (C=O) groups excluding carboxylic acids is 1. The Balaban J connectivity index is 1.48. The average Bonchev–Trinajstić information content (AvgIpc) is 3.17. The lowest BCUT2D eigenvalue weighted by Gasteiger charge is -2.05. The molecule has 2 aromatic heterocycles. The quantitative estimate of drug-likeness (QED) is 0.479. The van der Waals surface area contributed by atoms with E-state index in [1.807, 2.05) is 25.1 Å². The molecule has 0 aliphatic rings. The van der Waals surface area contributed by atoms with Crippen molar-refractivity contribution in [1.29, 1.82) is 0 Å². The van der Waals surface area contributed by atoms with Crippen LogP contribution >= 0.6 is 11.6 Å². The standard InChI is InChI=1S/C20H17ClFN3O/c1-11-14(15-3-2-4-16(21)19(15)24-11)7-8-23-20(26)18-10-12-9-13(22)5-6-17(12)25-18/h2-6,9-10,24-25H,7-8H2,1H3,(H,23,26). The SMILES string of the molecule is Cc1[nH]c2c(Cl)cccc2c1CCNC(=O)c1cc2cc(F)ccc2[nH]1. The lowest BCUT2D eigenvalue weighted by molar-refractivity contribution is 0.0950.